The molecule has 0 bridgehead atoms. The Morgan fingerprint density at radius 1 is 0.583 bits per heavy atom. The zero-order valence-corrected chi connectivity index (χ0v) is 22.9. The van der Waals surface area contributed by atoms with Crippen molar-refractivity contribution >= 4 is 29.4 Å². The summed E-state index contributed by atoms with van der Waals surface area (Å²) in [5.41, 5.74) is 5.32. The van der Waals surface area contributed by atoms with Crippen molar-refractivity contribution < 1.29 is 4.43 Å². The molecule has 1 radical (unpaired) electrons. The molecule has 0 aromatic rings. The number of hydrogen-bond acceptors (Lipinski definition) is 1. The van der Waals surface area contributed by atoms with E-state index in [2.05, 4.69) is 90.2 Å². The molecule has 1 unspecified atom stereocenters. The highest BCUT2D eigenvalue weighted by atomic mass is 30.2. The summed E-state index contributed by atoms with van der Waals surface area (Å²) < 4.78 is 6.88. The Morgan fingerprint density at radius 2 is 0.958 bits per heavy atom. The Balaban J connectivity index is 3.97. The van der Waals surface area contributed by atoms with Crippen LogP contribution in [0, 0.1) is 0 Å². The minimum atomic E-state index is -1.65. The van der Waals surface area contributed by atoms with Crippen molar-refractivity contribution in [2.75, 3.05) is 7.11 Å². The van der Waals surface area contributed by atoms with Crippen LogP contribution in [0.15, 0.2) is 0 Å². The minimum Gasteiger partial charge on any atom is -0.426 e. The molecule has 0 N–H and O–H groups in total. The average molecular weight is 402 g/mol. The highest BCUT2D eigenvalue weighted by Crippen LogP contribution is 2.67. The highest BCUT2D eigenvalue weighted by Gasteiger charge is 2.87. The first kappa shape index (κ1) is 22.9. The molecule has 24 heavy (non-hydrogen) atoms. The van der Waals surface area contributed by atoms with Gasteiger partial charge in [-0.3, -0.25) is 0 Å². The normalized spacial score (nSPS) is 27.1. The number of rotatable bonds is 7. The lowest BCUT2D eigenvalue weighted by atomic mass is 10.5. The van der Waals surface area contributed by atoms with Crippen molar-refractivity contribution in [3.63, 3.8) is 0 Å². The van der Waals surface area contributed by atoms with E-state index in [9.17, 15) is 0 Å². The predicted octanol–water partition coefficient (Wildman–Crippen LogP) is 6.76. The minimum absolute atomic E-state index is 0.388. The summed E-state index contributed by atoms with van der Waals surface area (Å²) in [6.45, 7) is 31.0. The van der Waals surface area contributed by atoms with E-state index in [1.54, 1.807) is 0 Å². The van der Waals surface area contributed by atoms with Gasteiger partial charge in [-0.1, -0.05) is 111 Å². The molecule has 5 heteroatoms. The average Bonchev–Trinajstić information content (AvgIpc) is 2.35. The Hall–Kier alpha value is 0.828. The maximum atomic E-state index is 6.88. The van der Waals surface area contributed by atoms with Crippen molar-refractivity contribution in [2.24, 2.45) is 0 Å². The van der Waals surface area contributed by atoms with Gasteiger partial charge in [-0.15, -0.1) is 0 Å². The van der Waals surface area contributed by atoms with E-state index in [-0.39, 0.29) is 7.83 Å². The smallest absolute Gasteiger partial charge is 0.164 e. The molecular weight excluding hydrogens is 357 g/mol. The van der Waals surface area contributed by atoms with Gasteiger partial charge in [0.05, 0.1) is 14.9 Å². The predicted molar refractivity (Wildman–Crippen MR) is 121 cm³/mol. The molecule has 1 heterocycles. The largest absolute Gasteiger partial charge is 0.426 e. The van der Waals surface area contributed by atoms with Gasteiger partial charge in [0.15, 0.2) is 7.35 Å². The fourth-order valence-electron chi connectivity index (χ4n) is 7.93. The van der Waals surface area contributed by atoms with Gasteiger partial charge < -0.3 is 4.43 Å². The zero-order chi connectivity index (χ0) is 19.2. The van der Waals surface area contributed by atoms with Gasteiger partial charge in [0.2, 0.25) is 0 Å². The van der Waals surface area contributed by atoms with Crippen molar-refractivity contribution in [3.05, 3.63) is 0 Å². The molecule has 0 aromatic heterocycles. The topological polar surface area (TPSA) is 9.23 Å². The van der Waals surface area contributed by atoms with Gasteiger partial charge in [-0.25, -0.2) is 0 Å². The standard InChI is InChI=1S/C19H45OSi4/c1-14(2)21-22(15(3)4,16(5)6)23(17(7)8,18(9)10)24(21,20-13)19(11)12/h14-19H,1-13H3. The third-order valence-electron chi connectivity index (χ3n) is 7.50. The van der Waals surface area contributed by atoms with Crippen molar-refractivity contribution in [1.29, 1.82) is 0 Å². The highest BCUT2D eigenvalue weighted by molar-refractivity contribution is 8.10. The Morgan fingerprint density at radius 3 is 1.12 bits per heavy atom. The lowest BCUT2D eigenvalue weighted by molar-refractivity contribution is 0.411. The lowest BCUT2D eigenvalue weighted by Crippen LogP contribution is -3.05. The molecule has 0 amide bonds. The van der Waals surface area contributed by atoms with E-state index in [0.717, 1.165) is 33.2 Å². The van der Waals surface area contributed by atoms with E-state index < -0.39 is 21.6 Å². The summed E-state index contributed by atoms with van der Waals surface area (Å²) in [7, 11) is -2.72. The van der Waals surface area contributed by atoms with Crippen LogP contribution >= 0.6 is 0 Å². The van der Waals surface area contributed by atoms with Crippen LogP contribution in [0.5, 0.6) is 0 Å². The van der Waals surface area contributed by atoms with Gasteiger partial charge in [-0.2, -0.15) is 0 Å². The zero-order valence-electron chi connectivity index (χ0n) is 18.9. The molecule has 1 rings (SSSR count). The molecule has 143 valence electrons. The molecule has 0 aliphatic carbocycles. The summed E-state index contributed by atoms with van der Waals surface area (Å²) in [4.78, 5) is 0. The van der Waals surface area contributed by atoms with Crippen molar-refractivity contribution in [1.82, 2.24) is 0 Å². The maximum absolute atomic E-state index is 6.88. The van der Waals surface area contributed by atoms with Gasteiger partial charge in [0.1, 0.15) is 0 Å². The second-order valence-electron chi connectivity index (χ2n) is 10.0. The summed E-state index contributed by atoms with van der Waals surface area (Å²) in [5.74, 6) is 0. The third-order valence-corrected chi connectivity index (χ3v) is 92.8. The molecule has 1 saturated heterocycles. The van der Waals surface area contributed by atoms with Crippen molar-refractivity contribution in [2.45, 2.75) is 116 Å². The molecule has 0 aromatic carbocycles. The Labute approximate surface area is 157 Å². The van der Waals surface area contributed by atoms with Crippen LogP contribution in [0.1, 0.15) is 83.1 Å². The van der Waals surface area contributed by atoms with E-state index in [1.165, 1.54) is 0 Å². The first-order chi connectivity index (χ1) is 10.8. The first-order valence-corrected chi connectivity index (χ1v) is 22.1. The third kappa shape index (κ3) is 2.36. The second-order valence-corrected chi connectivity index (χ2v) is 46.7. The van der Waals surface area contributed by atoms with E-state index in [0.29, 0.717) is 0 Å². The summed E-state index contributed by atoms with van der Waals surface area (Å²) in [6, 6.07) is 0. The fraction of sp³-hybridized carbons (Fsp3) is 1.00. The van der Waals surface area contributed by atoms with E-state index in [1.807, 2.05) is 0 Å². The van der Waals surface area contributed by atoms with Crippen LogP contribution in [0.3, 0.4) is 0 Å². The van der Waals surface area contributed by atoms with Gasteiger partial charge in [0, 0.05) is 14.2 Å². The summed E-state index contributed by atoms with van der Waals surface area (Å²) in [6.07, 6.45) is 0. The molecule has 1 nitrogen and oxygen atoms in total. The quantitative estimate of drug-likeness (QED) is 0.428. The van der Waals surface area contributed by atoms with E-state index >= 15 is 0 Å². The first-order valence-electron chi connectivity index (χ1n) is 10.3. The molecule has 0 saturated carbocycles. The van der Waals surface area contributed by atoms with Gasteiger partial charge in [0.25, 0.3) is 0 Å². The van der Waals surface area contributed by atoms with Crippen LogP contribution in [0.4, 0.5) is 0 Å². The SMILES string of the molecule is CO[Si]1(C(C)C)[Si](C(C)C)[Si](C(C)C)(C(C)C)[Si]1(C(C)C)C(C)C. The van der Waals surface area contributed by atoms with Crippen LogP contribution in [0.25, 0.3) is 0 Å². The molecule has 1 aliphatic heterocycles. The Bertz CT molecular complexity index is 415. The molecule has 1 atom stereocenters. The van der Waals surface area contributed by atoms with Gasteiger partial charge in [-0.05, 0) is 5.54 Å². The second kappa shape index (κ2) is 7.45. The maximum Gasteiger partial charge on any atom is 0.164 e. The van der Waals surface area contributed by atoms with Crippen LogP contribution < -0.4 is 0 Å². The monoisotopic (exact) mass is 401 g/mol. The fourth-order valence-corrected chi connectivity index (χ4v) is 142. The summed E-state index contributed by atoms with van der Waals surface area (Å²) >= 11 is 0. The number of hydrogen-bond donors (Lipinski definition) is 0. The van der Waals surface area contributed by atoms with E-state index in [4.69, 9.17) is 4.43 Å². The van der Waals surface area contributed by atoms with Gasteiger partial charge >= 0.3 is 0 Å². The van der Waals surface area contributed by atoms with Crippen LogP contribution in [-0.4, -0.2) is 36.5 Å². The van der Waals surface area contributed by atoms with Crippen molar-refractivity contribution in [3.8, 4) is 0 Å². The van der Waals surface area contributed by atoms with Crippen LogP contribution in [0.2, 0.25) is 33.2 Å². The Kier molecular flexibility index (Phi) is 7.10. The molecule has 1 fully saturated rings. The lowest BCUT2D eigenvalue weighted by Gasteiger charge is -2.80. The molecule has 0 spiro atoms. The molecule has 1 aliphatic rings. The summed E-state index contributed by atoms with van der Waals surface area (Å²) in [5, 5.41) is 0. The van der Waals surface area contributed by atoms with Crippen LogP contribution in [-0.2, 0) is 4.43 Å². The molecular formula is C19H45OSi4.